The van der Waals surface area contributed by atoms with Gasteiger partial charge in [-0.1, -0.05) is 12.1 Å². The van der Waals surface area contributed by atoms with E-state index in [1.54, 1.807) is 12.1 Å². The molecule has 2 heterocycles. The van der Waals surface area contributed by atoms with Crippen molar-refractivity contribution < 1.29 is 64.6 Å². The van der Waals surface area contributed by atoms with E-state index < -0.39 is 80.6 Å². The Bertz CT molecular complexity index is 828. The molecule has 0 amide bonds. The van der Waals surface area contributed by atoms with Gasteiger partial charge in [0.1, 0.15) is 61.2 Å². The van der Waals surface area contributed by atoms with Crippen LogP contribution in [-0.2, 0) is 23.7 Å². The van der Waals surface area contributed by atoms with Gasteiger partial charge in [0, 0.05) is 6.08 Å². The lowest BCUT2D eigenvalue weighted by Crippen LogP contribution is -2.64. The molecule has 2 aliphatic heterocycles. The van der Waals surface area contributed by atoms with Crippen LogP contribution in [0.25, 0.3) is 6.08 Å². The fourth-order valence-corrected chi connectivity index (χ4v) is 3.50. The van der Waals surface area contributed by atoms with Gasteiger partial charge in [-0.25, -0.2) is 4.79 Å². The first-order valence-electron chi connectivity index (χ1n) is 10.4. The lowest BCUT2D eigenvalue weighted by molar-refractivity contribution is -0.361. The van der Waals surface area contributed by atoms with Crippen molar-refractivity contribution in [2.24, 2.45) is 0 Å². The lowest BCUT2D eigenvalue weighted by Gasteiger charge is -2.45. The quantitative estimate of drug-likeness (QED) is 0.139. The van der Waals surface area contributed by atoms with Crippen molar-refractivity contribution in [2.75, 3.05) is 13.2 Å². The van der Waals surface area contributed by atoms with Gasteiger partial charge in [0.2, 0.25) is 0 Å². The number of carbonyl (C=O) groups excluding carboxylic acids is 1. The molecule has 0 radical (unpaired) electrons. The fourth-order valence-electron chi connectivity index (χ4n) is 3.50. The molecule has 0 spiro atoms. The Balaban J connectivity index is 1.54. The molecule has 34 heavy (non-hydrogen) atoms. The molecule has 8 N–H and O–H groups in total. The maximum absolute atomic E-state index is 11.9. The Hall–Kier alpha value is -2.17. The molecule has 0 aliphatic carbocycles. The first kappa shape index (κ1) is 26.4. The number of benzene rings is 1. The molecule has 190 valence electrons. The average Bonchev–Trinajstić information content (AvgIpc) is 2.82. The molecule has 10 atom stereocenters. The summed E-state index contributed by atoms with van der Waals surface area (Å²) < 4.78 is 20.6. The van der Waals surface area contributed by atoms with E-state index in [1.807, 2.05) is 0 Å². The Kier molecular flexibility index (Phi) is 8.95. The van der Waals surface area contributed by atoms with Gasteiger partial charge in [-0.3, -0.25) is 0 Å². The second-order valence-electron chi connectivity index (χ2n) is 7.90. The standard InChI is InChI=1S/C21H28O13/c22-7-11-14(25)16(27)18(29)21(33-11)34-19-17(28)15(26)12(32-20(19)30)8-31-13(24)6-3-9-1-4-10(23)5-2-9/h1-6,11-12,14-23,25-30H,7-8H2/b6-3+/t11-,12+,14+,15+,16-,17-,18+,19+,20+,21+/m1/s1. The van der Waals surface area contributed by atoms with E-state index in [2.05, 4.69) is 0 Å². The second kappa shape index (κ2) is 11.5. The van der Waals surface area contributed by atoms with Crippen molar-refractivity contribution in [3.63, 3.8) is 0 Å². The SMILES string of the molecule is O=C(/C=C/c1ccc(O)cc1)OC[C@@H]1O[C@H](O)[C@@H](O[C@@H]2O[C@H](CO)[C@H](O)[C@@H](O)[C@@H]2O)[C@H](O)[C@H]1O. The Morgan fingerprint density at radius 3 is 2.18 bits per heavy atom. The highest BCUT2D eigenvalue weighted by atomic mass is 16.7. The number of esters is 1. The fraction of sp³-hybridized carbons (Fsp3) is 0.571. The van der Waals surface area contributed by atoms with Gasteiger partial charge < -0.3 is 59.8 Å². The van der Waals surface area contributed by atoms with Crippen molar-refractivity contribution in [3.8, 4) is 5.75 Å². The van der Waals surface area contributed by atoms with Crippen LogP contribution >= 0.6 is 0 Å². The third kappa shape index (κ3) is 6.09. The van der Waals surface area contributed by atoms with Crippen LogP contribution in [0.4, 0.5) is 0 Å². The first-order valence-corrected chi connectivity index (χ1v) is 10.4. The van der Waals surface area contributed by atoms with E-state index in [-0.39, 0.29) is 5.75 Å². The van der Waals surface area contributed by atoms with Crippen LogP contribution in [-0.4, -0.2) is 121 Å². The molecule has 2 aliphatic rings. The van der Waals surface area contributed by atoms with Crippen molar-refractivity contribution >= 4 is 12.0 Å². The van der Waals surface area contributed by atoms with Gasteiger partial charge in [-0.15, -0.1) is 0 Å². The predicted molar refractivity (Wildman–Crippen MR) is 110 cm³/mol. The number of rotatable bonds is 7. The number of carbonyl (C=O) groups is 1. The van der Waals surface area contributed by atoms with Crippen molar-refractivity contribution in [3.05, 3.63) is 35.9 Å². The molecular weight excluding hydrogens is 460 g/mol. The van der Waals surface area contributed by atoms with Gasteiger partial charge in [0.25, 0.3) is 0 Å². The maximum atomic E-state index is 11.9. The highest BCUT2D eigenvalue weighted by molar-refractivity contribution is 5.87. The molecule has 0 aromatic heterocycles. The second-order valence-corrected chi connectivity index (χ2v) is 7.90. The van der Waals surface area contributed by atoms with E-state index >= 15 is 0 Å². The molecule has 2 fully saturated rings. The van der Waals surface area contributed by atoms with Gasteiger partial charge in [0.15, 0.2) is 12.6 Å². The molecule has 0 bridgehead atoms. The number of hydrogen-bond donors (Lipinski definition) is 8. The summed E-state index contributed by atoms with van der Waals surface area (Å²) >= 11 is 0. The van der Waals surface area contributed by atoms with Crippen LogP contribution in [0.15, 0.2) is 30.3 Å². The number of aliphatic hydroxyl groups is 7. The van der Waals surface area contributed by atoms with Crippen LogP contribution in [0.1, 0.15) is 5.56 Å². The highest BCUT2D eigenvalue weighted by Gasteiger charge is 2.50. The van der Waals surface area contributed by atoms with E-state index in [9.17, 15) is 45.6 Å². The van der Waals surface area contributed by atoms with E-state index in [0.29, 0.717) is 5.56 Å². The zero-order valence-electron chi connectivity index (χ0n) is 17.8. The smallest absolute Gasteiger partial charge is 0.330 e. The molecule has 2 saturated heterocycles. The van der Waals surface area contributed by atoms with Gasteiger partial charge in [-0.2, -0.15) is 0 Å². The monoisotopic (exact) mass is 488 g/mol. The normalized spacial score (nSPS) is 38.7. The van der Waals surface area contributed by atoms with Crippen molar-refractivity contribution in [2.45, 2.75) is 61.4 Å². The Morgan fingerprint density at radius 1 is 0.882 bits per heavy atom. The topological polar surface area (TPSA) is 216 Å². The molecule has 13 heteroatoms. The van der Waals surface area contributed by atoms with Gasteiger partial charge in [0.05, 0.1) is 6.61 Å². The van der Waals surface area contributed by atoms with Crippen LogP contribution in [0.5, 0.6) is 5.75 Å². The number of phenols is 1. The number of phenolic OH excluding ortho intramolecular Hbond substituents is 1. The van der Waals surface area contributed by atoms with Crippen LogP contribution < -0.4 is 0 Å². The minimum Gasteiger partial charge on any atom is -0.508 e. The molecule has 13 nitrogen and oxygen atoms in total. The van der Waals surface area contributed by atoms with E-state index in [0.717, 1.165) is 6.08 Å². The number of aliphatic hydroxyl groups excluding tert-OH is 7. The summed E-state index contributed by atoms with van der Waals surface area (Å²) in [4.78, 5) is 11.9. The summed E-state index contributed by atoms with van der Waals surface area (Å²) in [6, 6.07) is 6.00. The first-order chi connectivity index (χ1) is 16.1. The number of hydrogen-bond acceptors (Lipinski definition) is 13. The molecule has 1 aromatic carbocycles. The zero-order chi connectivity index (χ0) is 25.0. The highest BCUT2D eigenvalue weighted by Crippen LogP contribution is 2.28. The maximum Gasteiger partial charge on any atom is 0.330 e. The summed E-state index contributed by atoms with van der Waals surface area (Å²) in [5.41, 5.74) is 0.614. The summed E-state index contributed by atoms with van der Waals surface area (Å²) in [5, 5.41) is 79.1. The number of ether oxygens (including phenoxy) is 4. The van der Waals surface area contributed by atoms with Crippen LogP contribution in [0.2, 0.25) is 0 Å². The van der Waals surface area contributed by atoms with Crippen LogP contribution in [0, 0.1) is 0 Å². The average molecular weight is 488 g/mol. The van der Waals surface area contributed by atoms with Crippen molar-refractivity contribution in [1.82, 2.24) is 0 Å². The van der Waals surface area contributed by atoms with Gasteiger partial charge in [-0.05, 0) is 23.8 Å². The van der Waals surface area contributed by atoms with E-state index in [4.69, 9.17) is 18.9 Å². The number of aromatic hydroxyl groups is 1. The van der Waals surface area contributed by atoms with Gasteiger partial charge >= 0.3 is 5.97 Å². The summed E-state index contributed by atoms with van der Waals surface area (Å²) in [5.74, 6) is -0.735. The third-order valence-electron chi connectivity index (χ3n) is 5.50. The van der Waals surface area contributed by atoms with E-state index in [1.165, 1.54) is 18.2 Å². The Labute approximate surface area is 193 Å². The zero-order valence-corrected chi connectivity index (χ0v) is 17.8. The molecule has 0 saturated carbocycles. The molecule has 3 rings (SSSR count). The molecular formula is C21H28O13. The third-order valence-corrected chi connectivity index (χ3v) is 5.50. The van der Waals surface area contributed by atoms with Crippen molar-refractivity contribution in [1.29, 1.82) is 0 Å². The molecule has 0 unspecified atom stereocenters. The summed E-state index contributed by atoms with van der Waals surface area (Å²) in [6.07, 6.45) is -13.9. The van der Waals surface area contributed by atoms with Crippen LogP contribution in [0.3, 0.4) is 0 Å². The predicted octanol–water partition coefficient (Wildman–Crippen LogP) is -3.43. The lowest BCUT2D eigenvalue weighted by atomic mass is 9.97. The summed E-state index contributed by atoms with van der Waals surface area (Å²) in [7, 11) is 0. The molecule has 1 aromatic rings. The Morgan fingerprint density at radius 2 is 1.53 bits per heavy atom. The largest absolute Gasteiger partial charge is 0.508 e. The minimum atomic E-state index is -1.86. The summed E-state index contributed by atoms with van der Waals surface area (Å²) in [6.45, 7) is -1.24. The minimum absolute atomic E-state index is 0.0640.